The van der Waals surface area contributed by atoms with E-state index in [2.05, 4.69) is 4.74 Å². The van der Waals surface area contributed by atoms with E-state index < -0.39 is 31.6 Å². The summed E-state index contributed by atoms with van der Waals surface area (Å²) in [4.78, 5) is 0. The first-order valence-electron chi connectivity index (χ1n) is 3.35. The van der Waals surface area contributed by atoms with E-state index >= 15 is 0 Å². The Morgan fingerprint density at radius 1 is 1.42 bits per heavy atom. The molecule has 0 fully saturated rings. The van der Waals surface area contributed by atoms with Crippen LogP contribution in [0.3, 0.4) is 0 Å². The minimum absolute atomic E-state index is 0.517. The van der Waals surface area contributed by atoms with Gasteiger partial charge in [0.15, 0.2) is 6.10 Å². The minimum Gasteiger partial charge on any atom is -0.394 e. The summed E-state index contributed by atoms with van der Waals surface area (Å²) < 4.78 is 39.4. The highest BCUT2D eigenvalue weighted by molar-refractivity contribution is 4.62. The fourth-order valence-corrected chi connectivity index (χ4v) is 0.403. The molecule has 3 nitrogen and oxygen atoms in total. The average Bonchev–Trinajstić information content (AvgIpc) is 1.97. The van der Waals surface area contributed by atoms with Gasteiger partial charge >= 0.3 is 6.18 Å². The number of halogens is 3. The highest BCUT2D eigenvalue weighted by Gasteiger charge is 2.37. The van der Waals surface area contributed by atoms with Crippen molar-refractivity contribution in [2.75, 3.05) is 13.2 Å². The number of hydrogen-bond donors (Lipinski definition) is 2. The van der Waals surface area contributed by atoms with Crippen LogP contribution in [0.15, 0.2) is 0 Å². The first kappa shape index (κ1) is 11.7. The number of aliphatic hydroxyl groups is 2. The Balaban J connectivity index is 3.64. The highest BCUT2D eigenvalue weighted by atomic mass is 19.4. The van der Waals surface area contributed by atoms with Crippen molar-refractivity contribution in [2.45, 2.75) is 25.3 Å². The topological polar surface area (TPSA) is 49.7 Å². The van der Waals surface area contributed by atoms with Crippen molar-refractivity contribution in [3.63, 3.8) is 0 Å². The van der Waals surface area contributed by atoms with E-state index in [1.165, 1.54) is 0 Å². The summed E-state index contributed by atoms with van der Waals surface area (Å²) in [7, 11) is 0. The Hall–Kier alpha value is -0.330. The Bertz CT molecular complexity index is 126. The van der Waals surface area contributed by atoms with Gasteiger partial charge in [0.1, 0.15) is 6.10 Å². The summed E-state index contributed by atoms with van der Waals surface area (Å²) in [5, 5.41) is 16.9. The molecule has 0 saturated carbocycles. The Kier molecular flexibility index (Phi) is 4.51. The summed E-state index contributed by atoms with van der Waals surface area (Å²) in [5.41, 5.74) is 0. The molecular formula is C6H11F3O3. The maximum absolute atomic E-state index is 11.7. The van der Waals surface area contributed by atoms with E-state index in [0.717, 1.165) is 6.92 Å². The molecule has 12 heavy (non-hydrogen) atoms. The van der Waals surface area contributed by atoms with Gasteiger partial charge in [0.05, 0.1) is 13.2 Å². The predicted molar refractivity (Wildman–Crippen MR) is 34.6 cm³/mol. The van der Waals surface area contributed by atoms with E-state index in [1.807, 2.05) is 0 Å². The molecule has 0 bridgehead atoms. The molecule has 2 atom stereocenters. The number of alkyl halides is 3. The first-order valence-corrected chi connectivity index (χ1v) is 3.35. The third-order valence-corrected chi connectivity index (χ3v) is 1.21. The zero-order valence-electron chi connectivity index (χ0n) is 6.51. The fraction of sp³-hybridized carbons (Fsp3) is 1.00. The molecule has 0 aromatic carbocycles. The molecule has 0 aliphatic carbocycles. The predicted octanol–water partition coefficient (Wildman–Crippen LogP) is 0.307. The molecule has 0 aliphatic rings. The molecule has 0 aromatic rings. The van der Waals surface area contributed by atoms with Crippen LogP contribution in [0.2, 0.25) is 0 Å². The van der Waals surface area contributed by atoms with Crippen molar-refractivity contribution in [3.05, 3.63) is 0 Å². The van der Waals surface area contributed by atoms with Crippen LogP contribution in [-0.4, -0.2) is 41.8 Å². The van der Waals surface area contributed by atoms with Crippen LogP contribution in [0.1, 0.15) is 6.92 Å². The molecule has 2 unspecified atom stereocenters. The number of hydrogen-bond acceptors (Lipinski definition) is 3. The third-order valence-electron chi connectivity index (χ3n) is 1.21. The molecule has 0 aliphatic heterocycles. The Morgan fingerprint density at radius 3 is 2.25 bits per heavy atom. The summed E-state index contributed by atoms with van der Waals surface area (Å²) in [6.07, 6.45) is -7.59. The average molecular weight is 188 g/mol. The molecular weight excluding hydrogens is 177 g/mol. The smallest absolute Gasteiger partial charge is 0.394 e. The van der Waals surface area contributed by atoms with Gasteiger partial charge in [-0.15, -0.1) is 0 Å². The van der Waals surface area contributed by atoms with Gasteiger partial charge in [-0.25, -0.2) is 0 Å². The van der Waals surface area contributed by atoms with Crippen LogP contribution >= 0.6 is 0 Å². The van der Waals surface area contributed by atoms with Crippen LogP contribution in [0.4, 0.5) is 13.2 Å². The maximum Gasteiger partial charge on any atom is 0.414 e. The SMILES string of the molecule is CC(OCC(O)CO)C(F)(F)F. The van der Waals surface area contributed by atoms with Crippen molar-refractivity contribution in [1.82, 2.24) is 0 Å². The molecule has 74 valence electrons. The number of aliphatic hydroxyl groups excluding tert-OH is 2. The van der Waals surface area contributed by atoms with E-state index in [4.69, 9.17) is 10.2 Å². The first-order chi connectivity index (χ1) is 5.38. The molecule has 0 aromatic heterocycles. The lowest BCUT2D eigenvalue weighted by molar-refractivity contribution is -0.220. The number of rotatable bonds is 4. The molecule has 0 spiro atoms. The van der Waals surface area contributed by atoms with Gasteiger partial charge in [-0.05, 0) is 6.92 Å². The second-order valence-corrected chi connectivity index (χ2v) is 2.35. The lowest BCUT2D eigenvalue weighted by Crippen LogP contribution is -2.32. The monoisotopic (exact) mass is 188 g/mol. The second kappa shape index (κ2) is 4.64. The Morgan fingerprint density at radius 2 is 1.92 bits per heavy atom. The van der Waals surface area contributed by atoms with Crippen molar-refractivity contribution in [1.29, 1.82) is 0 Å². The van der Waals surface area contributed by atoms with Gasteiger partial charge in [0, 0.05) is 0 Å². The fourth-order valence-electron chi connectivity index (χ4n) is 0.403. The molecule has 0 saturated heterocycles. The molecule has 0 radical (unpaired) electrons. The van der Waals surface area contributed by atoms with Crippen molar-refractivity contribution >= 4 is 0 Å². The summed E-state index contributed by atoms with van der Waals surface area (Å²) in [6, 6.07) is 0. The molecule has 0 heterocycles. The second-order valence-electron chi connectivity index (χ2n) is 2.35. The Labute approximate surface area is 67.8 Å². The van der Waals surface area contributed by atoms with E-state index in [9.17, 15) is 13.2 Å². The minimum atomic E-state index is -4.42. The lowest BCUT2D eigenvalue weighted by Gasteiger charge is -2.17. The highest BCUT2D eigenvalue weighted by Crippen LogP contribution is 2.22. The quantitative estimate of drug-likeness (QED) is 0.667. The van der Waals surface area contributed by atoms with Crippen molar-refractivity contribution in [3.8, 4) is 0 Å². The molecule has 0 amide bonds. The van der Waals surface area contributed by atoms with Crippen LogP contribution in [-0.2, 0) is 4.74 Å². The van der Waals surface area contributed by atoms with Crippen LogP contribution in [0, 0.1) is 0 Å². The van der Waals surface area contributed by atoms with Gasteiger partial charge < -0.3 is 14.9 Å². The maximum atomic E-state index is 11.7. The van der Waals surface area contributed by atoms with Gasteiger partial charge in [0.2, 0.25) is 0 Å². The van der Waals surface area contributed by atoms with Gasteiger partial charge in [-0.2, -0.15) is 13.2 Å². The number of ether oxygens (including phenoxy) is 1. The zero-order chi connectivity index (χ0) is 9.78. The van der Waals surface area contributed by atoms with E-state index in [0.29, 0.717) is 0 Å². The third kappa shape index (κ3) is 4.53. The lowest BCUT2D eigenvalue weighted by atomic mass is 10.3. The normalized spacial score (nSPS) is 17.5. The summed E-state index contributed by atoms with van der Waals surface area (Å²) in [6.45, 7) is -0.286. The van der Waals surface area contributed by atoms with Crippen LogP contribution in [0.5, 0.6) is 0 Å². The zero-order valence-corrected chi connectivity index (χ0v) is 6.51. The van der Waals surface area contributed by atoms with E-state index in [1.54, 1.807) is 0 Å². The van der Waals surface area contributed by atoms with Crippen molar-refractivity contribution < 1.29 is 28.1 Å². The standard InChI is InChI=1S/C6H11F3O3/c1-4(6(7,8)9)12-3-5(11)2-10/h4-5,10-11H,2-3H2,1H3. The van der Waals surface area contributed by atoms with Crippen LogP contribution in [0.25, 0.3) is 0 Å². The van der Waals surface area contributed by atoms with Gasteiger partial charge in [-0.1, -0.05) is 0 Å². The van der Waals surface area contributed by atoms with Crippen molar-refractivity contribution in [2.24, 2.45) is 0 Å². The largest absolute Gasteiger partial charge is 0.414 e. The molecule has 2 N–H and O–H groups in total. The molecule has 6 heteroatoms. The van der Waals surface area contributed by atoms with Gasteiger partial charge in [-0.3, -0.25) is 0 Å². The summed E-state index contributed by atoms with van der Waals surface area (Å²) in [5.74, 6) is 0. The van der Waals surface area contributed by atoms with Gasteiger partial charge in [0.25, 0.3) is 0 Å². The van der Waals surface area contributed by atoms with E-state index in [-0.39, 0.29) is 0 Å². The summed E-state index contributed by atoms with van der Waals surface area (Å²) >= 11 is 0. The van der Waals surface area contributed by atoms with Crippen LogP contribution < -0.4 is 0 Å². The molecule has 0 rings (SSSR count).